The average Bonchev–Trinajstić information content (AvgIpc) is 3.26. The minimum Gasteiger partial charge on any atom is -0.348 e. The Labute approximate surface area is 160 Å². The van der Waals surface area contributed by atoms with E-state index in [1.54, 1.807) is 6.33 Å². The van der Waals surface area contributed by atoms with Gasteiger partial charge >= 0.3 is 0 Å². The molecule has 2 aromatic heterocycles. The monoisotopic (exact) mass is 354 g/mol. The number of hydrogen-bond acceptors (Lipinski definition) is 1. The molecule has 0 atom stereocenters. The summed E-state index contributed by atoms with van der Waals surface area (Å²) in [5, 5.41) is 0. The summed E-state index contributed by atoms with van der Waals surface area (Å²) in [7, 11) is 0. The number of benzene rings is 2. The number of pyridine rings is 1. The zero-order chi connectivity index (χ0) is 18.5. The van der Waals surface area contributed by atoms with E-state index in [0.29, 0.717) is 0 Å². The molecule has 2 heterocycles. The van der Waals surface area contributed by atoms with Gasteiger partial charge in [-0.3, -0.25) is 0 Å². The molecule has 3 nitrogen and oxygen atoms in total. The van der Waals surface area contributed by atoms with Gasteiger partial charge in [0.2, 0.25) is 5.69 Å². The van der Waals surface area contributed by atoms with E-state index < -0.39 is 0 Å². The van der Waals surface area contributed by atoms with Gasteiger partial charge < -0.3 is 4.98 Å². The molecule has 134 valence electrons. The molecule has 0 saturated heterocycles. The molecule has 0 aliphatic rings. The number of nitrogens with zero attached hydrogens (tertiary/aromatic N) is 2. The maximum absolute atomic E-state index is 4.15. The van der Waals surface area contributed by atoms with Crippen LogP contribution in [0.25, 0.3) is 22.4 Å². The maximum Gasteiger partial charge on any atom is 0.213 e. The number of aromatic amines is 1. The van der Waals surface area contributed by atoms with Gasteiger partial charge in [0.05, 0.1) is 6.33 Å². The summed E-state index contributed by atoms with van der Waals surface area (Å²) in [6.07, 6.45) is 5.58. The molecule has 4 aromatic rings. The van der Waals surface area contributed by atoms with Crippen molar-refractivity contribution in [3.63, 3.8) is 0 Å². The Balaban J connectivity index is 1.82. The van der Waals surface area contributed by atoms with Gasteiger partial charge in [0.1, 0.15) is 0 Å². The molecule has 1 N–H and O–H groups in total. The minimum absolute atomic E-state index is 0.921. The molecule has 0 bridgehead atoms. The molecule has 0 aliphatic heterocycles. The Kier molecular flexibility index (Phi) is 5.10. The van der Waals surface area contributed by atoms with Gasteiger partial charge in [-0.1, -0.05) is 55.5 Å². The van der Waals surface area contributed by atoms with Crippen LogP contribution in [0.4, 0.5) is 0 Å². The van der Waals surface area contributed by atoms with Crippen LogP contribution in [0.5, 0.6) is 0 Å². The van der Waals surface area contributed by atoms with Crippen LogP contribution in [-0.4, -0.2) is 9.97 Å². The number of aryl methyl sites for hydroxylation is 2. The van der Waals surface area contributed by atoms with Crippen molar-refractivity contribution in [2.45, 2.75) is 26.3 Å². The van der Waals surface area contributed by atoms with Crippen LogP contribution in [0.1, 0.15) is 18.3 Å². The van der Waals surface area contributed by atoms with Gasteiger partial charge in [-0.15, -0.1) is 0 Å². The largest absolute Gasteiger partial charge is 0.348 e. The van der Waals surface area contributed by atoms with Crippen LogP contribution in [0, 0.1) is 0 Å². The van der Waals surface area contributed by atoms with Crippen LogP contribution < -0.4 is 4.57 Å². The molecule has 0 spiro atoms. The minimum atomic E-state index is 0.921. The van der Waals surface area contributed by atoms with Crippen molar-refractivity contribution in [3.05, 3.63) is 96.7 Å². The molecular formula is C24H24N3+. The second-order valence-corrected chi connectivity index (χ2v) is 6.68. The van der Waals surface area contributed by atoms with Gasteiger partial charge in [0, 0.05) is 42.4 Å². The highest BCUT2D eigenvalue weighted by Crippen LogP contribution is 2.25. The lowest BCUT2D eigenvalue weighted by Gasteiger charge is -2.11. The first-order valence-corrected chi connectivity index (χ1v) is 9.50. The smallest absolute Gasteiger partial charge is 0.213 e. The number of nitrogens with one attached hydrogen (secondary N) is 1. The summed E-state index contributed by atoms with van der Waals surface area (Å²) < 4.78 is 2.45. The van der Waals surface area contributed by atoms with Crippen molar-refractivity contribution in [1.29, 1.82) is 0 Å². The third-order valence-corrected chi connectivity index (χ3v) is 4.95. The number of rotatable bonds is 6. The summed E-state index contributed by atoms with van der Waals surface area (Å²) in [5.74, 6) is 0. The third-order valence-electron chi connectivity index (χ3n) is 4.95. The fraction of sp³-hybridized carbons (Fsp3) is 0.167. The summed E-state index contributed by atoms with van der Waals surface area (Å²) >= 11 is 0. The highest BCUT2D eigenvalue weighted by atomic mass is 15.0. The Morgan fingerprint density at radius 2 is 1.56 bits per heavy atom. The SMILES string of the molecule is CCc1cc(-c2ccccc2)cc(-c2ccccc2)[n+]1CCc1cnc[nH]1. The second kappa shape index (κ2) is 8.00. The molecule has 0 fully saturated rings. The van der Waals surface area contributed by atoms with E-state index in [0.717, 1.165) is 25.1 Å². The zero-order valence-electron chi connectivity index (χ0n) is 15.6. The van der Waals surface area contributed by atoms with Gasteiger partial charge in [-0.2, -0.15) is 4.57 Å². The maximum atomic E-state index is 4.15. The molecule has 0 amide bonds. The number of aromatic nitrogens is 3. The lowest BCUT2D eigenvalue weighted by Crippen LogP contribution is -2.41. The molecule has 27 heavy (non-hydrogen) atoms. The molecule has 0 radical (unpaired) electrons. The van der Waals surface area contributed by atoms with Crippen molar-refractivity contribution in [1.82, 2.24) is 9.97 Å². The first-order valence-electron chi connectivity index (χ1n) is 9.50. The Morgan fingerprint density at radius 3 is 2.19 bits per heavy atom. The molecule has 0 aliphatic carbocycles. The number of H-pyrrole nitrogens is 1. The normalized spacial score (nSPS) is 10.9. The van der Waals surface area contributed by atoms with Crippen LogP contribution in [-0.2, 0) is 19.4 Å². The quantitative estimate of drug-likeness (QED) is 0.494. The van der Waals surface area contributed by atoms with E-state index in [2.05, 4.69) is 94.3 Å². The average molecular weight is 354 g/mol. The highest BCUT2D eigenvalue weighted by molar-refractivity contribution is 5.69. The van der Waals surface area contributed by atoms with Gasteiger partial charge in [0.15, 0.2) is 12.2 Å². The van der Waals surface area contributed by atoms with Gasteiger partial charge in [-0.25, -0.2) is 4.98 Å². The van der Waals surface area contributed by atoms with Crippen molar-refractivity contribution < 1.29 is 4.57 Å². The van der Waals surface area contributed by atoms with E-state index in [1.807, 2.05) is 6.20 Å². The first-order chi connectivity index (χ1) is 13.3. The fourth-order valence-electron chi connectivity index (χ4n) is 3.54. The number of hydrogen-bond donors (Lipinski definition) is 1. The Hall–Kier alpha value is -3.20. The van der Waals surface area contributed by atoms with Crippen LogP contribution >= 0.6 is 0 Å². The molecule has 2 aromatic carbocycles. The van der Waals surface area contributed by atoms with E-state index in [1.165, 1.54) is 28.1 Å². The topological polar surface area (TPSA) is 32.6 Å². The predicted molar refractivity (Wildman–Crippen MR) is 109 cm³/mol. The van der Waals surface area contributed by atoms with Gasteiger partial charge in [-0.05, 0) is 23.3 Å². The van der Waals surface area contributed by atoms with Crippen LogP contribution in [0.3, 0.4) is 0 Å². The molecule has 3 heteroatoms. The standard InChI is InChI=1S/C24H24N3/c1-2-23-15-21(19-9-5-3-6-10-19)16-24(20-11-7-4-8-12-20)27(23)14-13-22-17-25-18-26-22/h3-12,15-18H,2,13-14H2,1H3,(H,25,26)/q+1. The summed E-state index contributed by atoms with van der Waals surface area (Å²) in [4.78, 5) is 7.36. The van der Waals surface area contributed by atoms with Crippen molar-refractivity contribution >= 4 is 0 Å². The van der Waals surface area contributed by atoms with E-state index in [-0.39, 0.29) is 0 Å². The summed E-state index contributed by atoms with van der Waals surface area (Å²) in [6, 6.07) is 25.9. The first kappa shape index (κ1) is 17.2. The van der Waals surface area contributed by atoms with Crippen LogP contribution in [0.2, 0.25) is 0 Å². The molecule has 4 rings (SSSR count). The molecular weight excluding hydrogens is 330 g/mol. The number of imidazole rings is 1. The summed E-state index contributed by atoms with van der Waals surface area (Å²) in [5.41, 5.74) is 7.53. The Bertz CT molecular complexity index is 991. The second-order valence-electron chi connectivity index (χ2n) is 6.68. The van der Waals surface area contributed by atoms with Crippen molar-refractivity contribution in [3.8, 4) is 22.4 Å². The van der Waals surface area contributed by atoms with E-state index in [4.69, 9.17) is 0 Å². The zero-order valence-corrected chi connectivity index (χ0v) is 15.6. The lowest BCUT2D eigenvalue weighted by molar-refractivity contribution is -0.692. The van der Waals surface area contributed by atoms with Crippen LogP contribution in [0.15, 0.2) is 85.3 Å². The van der Waals surface area contributed by atoms with E-state index >= 15 is 0 Å². The third kappa shape index (κ3) is 3.82. The summed E-state index contributed by atoms with van der Waals surface area (Å²) in [6.45, 7) is 3.15. The Morgan fingerprint density at radius 1 is 0.852 bits per heavy atom. The molecule has 0 unspecified atom stereocenters. The van der Waals surface area contributed by atoms with Crippen molar-refractivity contribution in [2.24, 2.45) is 0 Å². The molecule has 0 saturated carbocycles. The fourth-order valence-corrected chi connectivity index (χ4v) is 3.54. The lowest BCUT2D eigenvalue weighted by atomic mass is 10.0. The predicted octanol–water partition coefficient (Wildman–Crippen LogP) is 4.84. The van der Waals surface area contributed by atoms with Gasteiger partial charge in [0.25, 0.3) is 0 Å². The van der Waals surface area contributed by atoms with E-state index in [9.17, 15) is 0 Å². The highest BCUT2D eigenvalue weighted by Gasteiger charge is 2.20. The van der Waals surface area contributed by atoms with Crippen molar-refractivity contribution in [2.75, 3.05) is 0 Å².